The molecule has 3 aromatic rings. The molecule has 0 radical (unpaired) electrons. The smallest absolute Gasteiger partial charge is 0.254 e. The molecule has 0 aliphatic carbocycles. The van der Waals surface area contributed by atoms with Gasteiger partial charge in [0.25, 0.3) is 5.91 Å². The van der Waals surface area contributed by atoms with E-state index in [0.29, 0.717) is 43.1 Å². The van der Waals surface area contributed by atoms with Crippen molar-refractivity contribution < 1.29 is 9.90 Å². The average Bonchev–Trinajstić information content (AvgIpc) is 3.17. The molecule has 0 saturated carbocycles. The number of carbonyl (C=O) groups is 1. The molecule has 2 aromatic heterocycles. The molecular weight excluding hydrogens is 354 g/mol. The third-order valence-corrected chi connectivity index (χ3v) is 4.98. The van der Waals surface area contributed by atoms with Gasteiger partial charge in [-0.2, -0.15) is 5.10 Å². The molecule has 1 aliphatic rings. The van der Waals surface area contributed by atoms with Crippen molar-refractivity contribution in [3.05, 3.63) is 77.2 Å². The van der Waals surface area contributed by atoms with Crippen LogP contribution in [0.2, 0.25) is 0 Å². The van der Waals surface area contributed by atoms with Gasteiger partial charge in [0.15, 0.2) is 0 Å². The number of nitrogens with zero attached hydrogens (tertiary/aromatic N) is 4. The third kappa shape index (κ3) is 3.75. The predicted molar refractivity (Wildman–Crippen MR) is 106 cm³/mol. The maximum absolute atomic E-state index is 12.9. The third-order valence-electron chi connectivity index (χ3n) is 4.98. The molecule has 0 bridgehead atoms. The number of pyridine rings is 1. The Labute approximate surface area is 163 Å². The number of aromatic nitrogens is 3. The number of carbonyl (C=O) groups excluding carboxylic acids is 1. The highest BCUT2D eigenvalue weighted by Crippen LogP contribution is 2.22. The maximum Gasteiger partial charge on any atom is 0.254 e. The van der Waals surface area contributed by atoms with Crippen LogP contribution >= 0.6 is 0 Å². The Balaban J connectivity index is 1.47. The lowest BCUT2D eigenvalue weighted by Gasteiger charge is -2.27. The van der Waals surface area contributed by atoms with Gasteiger partial charge in [-0.1, -0.05) is 30.3 Å². The molecule has 1 atom stereocenters. The fourth-order valence-corrected chi connectivity index (χ4v) is 3.45. The molecule has 0 spiro atoms. The minimum atomic E-state index is -0.664. The van der Waals surface area contributed by atoms with Crippen LogP contribution < -0.4 is 5.32 Å². The lowest BCUT2D eigenvalue weighted by Crippen LogP contribution is -2.38. The van der Waals surface area contributed by atoms with Crippen molar-refractivity contribution in [1.29, 1.82) is 0 Å². The van der Waals surface area contributed by atoms with Crippen LogP contribution in [-0.4, -0.2) is 44.3 Å². The molecule has 144 valence electrons. The number of aliphatic hydroxyl groups is 1. The van der Waals surface area contributed by atoms with Crippen LogP contribution in [-0.2, 0) is 19.5 Å². The van der Waals surface area contributed by atoms with Crippen molar-refractivity contribution in [2.24, 2.45) is 0 Å². The van der Waals surface area contributed by atoms with Gasteiger partial charge in [0.2, 0.25) is 0 Å². The number of amides is 1. The number of aliphatic hydroxyl groups excluding tert-OH is 1. The van der Waals surface area contributed by atoms with E-state index in [0.717, 1.165) is 11.3 Å². The largest absolute Gasteiger partial charge is 0.386 e. The molecule has 3 heterocycles. The summed E-state index contributed by atoms with van der Waals surface area (Å²) < 4.78 is 1.89. The molecule has 1 aliphatic heterocycles. The Bertz CT molecular complexity index is 970. The van der Waals surface area contributed by atoms with Crippen molar-refractivity contribution in [3.63, 3.8) is 0 Å². The number of anilines is 1. The summed E-state index contributed by atoms with van der Waals surface area (Å²) in [5.41, 5.74) is 3.26. The summed E-state index contributed by atoms with van der Waals surface area (Å²) >= 11 is 0. The van der Waals surface area contributed by atoms with Crippen molar-refractivity contribution >= 4 is 11.7 Å². The van der Waals surface area contributed by atoms with E-state index in [1.807, 2.05) is 41.1 Å². The van der Waals surface area contributed by atoms with E-state index < -0.39 is 6.10 Å². The highest BCUT2D eigenvalue weighted by Gasteiger charge is 2.25. The average molecular weight is 377 g/mol. The summed E-state index contributed by atoms with van der Waals surface area (Å²) in [4.78, 5) is 18.8. The Hall–Kier alpha value is -3.19. The summed E-state index contributed by atoms with van der Waals surface area (Å²) in [5, 5.41) is 18.1. The van der Waals surface area contributed by atoms with Crippen LogP contribution in [0, 0.1) is 0 Å². The monoisotopic (exact) mass is 377 g/mol. The molecule has 1 amide bonds. The van der Waals surface area contributed by atoms with Crippen LogP contribution in [0.1, 0.15) is 33.4 Å². The highest BCUT2D eigenvalue weighted by molar-refractivity contribution is 5.94. The van der Waals surface area contributed by atoms with Crippen molar-refractivity contribution in [2.75, 3.05) is 18.9 Å². The second-order valence-corrected chi connectivity index (χ2v) is 6.90. The molecule has 1 unspecified atom stereocenters. The Morgan fingerprint density at radius 1 is 1.21 bits per heavy atom. The van der Waals surface area contributed by atoms with Gasteiger partial charge in [-0.15, -0.1) is 0 Å². The molecular formula is C21H23N5O2. The quantitative estimate of drug-likeness (QED) is 0.713. The zero-order valence-corrected chi connectivity index (χ0v) is 15.7. The zero-order valence-electron chi connectivity index (χ0n) is 15.7. The first kappa shape index (κ1) is 18.2. The van der Waals surface area contributed by atoms with Gasteiger partial charge in [-0.25, -0.2) is 4.98 Å². The second kappa shape index (κ2) is 7.82. The Kier molecular flexibility index (Phi) is 5.08. The van der Waals surface area contributed by atoms with Crippen LogP contribution in [0.3, 0.4) is 0 Å². The Morgan fingerprint density at radius 2 is 2.04 bits per heavy atom. The summed E-state index contributed by atoms with van der Waals surface area (Å²) in [7, 11) is 1.78. The number of rotatable bonds is 5. The first-order chi connectivity index (χ1) is 13.6. The number of hydrogen-bond acceptors (Lipinski definition) is 5. The maximum atomic E-state index is 12.9. The van der Waals surface area contributed by atoms with E-state index in [-0.39, 0.29) is 5.91 Å². The van der Waals surface area contributed by atoms with E-state index in [4.69, 9.17) is 0 Å². The predicted octanol–water partition coefficient (Wildman–Crippen LogP) is 2.25. The van der Waals surface area contributed by atoms with Crippen molar-refractivity contribution in [1.82, 2.24) is 19.7 Å². The van der Waals surface area contributed by atoms with Crippen LogP contribution in [0.15, 0.2) is 54.7 Å². The summed E-state index contributed by atoms with van der Waals surface area (Å²) in [6, 6.07) is 15.2. The minimum Gasteiger partial charge on any atom is -0.386 e. The molecule has 4 rings (SSSR count). The SMILES string of the molecule is CNc1cc(C(=O)N2CCn3nc(C(O)Cc4ccccc4)cc3C2)ccn1. The van der Waals surface area contributed by atoms with Gasteiger partial charge in [0.1, 0.15) is 11.9 Å². The van der Waals surface area contributed by atoms with Crippen molar-refractivity contribution in [2.45, 2.75) is 25.6 Å². The topological polar surface area (TPSA) is 83.3 Å². The normalized spacial score (nSPS) is 14.4. The van der Waals surface area contributed by atoms with Gasteiger partial charge in [-0.05, 0) is 23.8 Å². The summed E-state index contributed by atoms with van der Waals surface area (Å²) in [6.07, 6.45) is 1.48. The van der Waals surface area contributed by atoms with Gasteiger partial charge >= 0.3 is 0 Å². The lowest BCUT2D eigenvalue weighted by atomic mass is 10.1. The Morgan fingerprint density at radius 3 is 2.82 bits per heavy atom. The number of benzene rings is 1. The van der Waals surface area contributed by atoms with E-state index in [2.05, 4.69) is 15.4 Å². The fourth-order valence-electron chi connectivity index (χ4n) is 3.45. The van der Waals surface area contributed by atoms with Gasteiger partial charge in [0, 0.05) is 31.8 Å². The molecule has 0 saturated heterocycles. The first-order valence-electron chi connectivity index (χ1n) is 9.36. The summed E-state index contributed by atoms with van der Waals surface area (Å²) in [6.45, 7) is 1.67. The first-order valence-corrected chi connectivity index (χ1v) is 9.36. The molecule has 7 nitrogen and oxygen atoms in total. The second-order valence-electron chi connectivity index (χ2n) is 6.90. The number of hydrogen-bond donors (Lipinski definition) is 2. The van der Waals surface area contributed by atoms with E-state index in [9.17, 15) is 9.90 Å². The zero-order chi connectivity index (χ0) is 19.5. The van der Waals surface area contributed by atoms with E-state index in [1.165, 1.54) is 0 Å². The van der Waals surface area contributed by atoms with Gasteiger partial charge in [0.05, 0.1) is 24.5 Å². The number of fused-ring (bicyclic) bond motifs is 1. The molecule has 2 N–H and O–H groups in total. The lowest BCUT2D eigenvalue weighted by molar-refractivity contribution is 0.0705. The van der Waals surface area contributed by atoms with Crippen LogP contribution in [0.5, 0.6) is 0 Å². The van der Waals surface area contributed by atoms with Gasteiger partial charge < -0.3 is 15.3 Å². The molecule has 1 aromatic carbocycles. The minimum absolute atomic E-state index is 0.0299. The standard InChI is InChI=1S/C21H23N5O2/c1-22-20-12-16(7-8-23-20)21(28)25-9-10-26-17(14-25)13-18(24-26)19(27)11-15-5-3-2-4-6-15/h2-8,12-13,19,27H,9-11,14H2,1H3,(H,22,23). The van der Waals surface area contributed by atoms with Crippen molar-refractivity contribution in [3.8, 4) is 0 Å². The fraction of sp³-hybridized carbons (Fsp3) is 0.286. The summed E-state index contributed by atoms with van der Waals surface area (Å²) in [5.74, 6) is 0.636. The molecule has 28 heavy (non-hydrogen) atoms. The van der Waals surface area contributed by atoms with Gasteiger partial charge in [-0.3, -0.25) is 9.48 Å². The van der Waals surface area contributed by atoms with E-state index in [1.54, 1.807) is 30.3 Å². The van der Waals surface area contributed by atoms with E-state index >= 15 is 0 Å². The highest BCUT2D eigenvalue weighted by atomic mass is 16.3. The molecule has 0 fully saturated rings. The number of nitrogens with one attached hydrogen (secondary N) is 1. The van der Waals surface area contributed by atoms with Crippen LogP contribution in [0.4, 0.5) is 5.82 Å². The molecule has 7 heteroatoms. The van der Waals surface area contributed by atoms with Crippen LogP contribution in [0.25, 0.3) is 0 Å².